The van der Waals surface area contributed by atoms with E-state index < -0.39 is 4.92 Å². The Bertz CT molecular complexity index is 240. The Morgan fingerprint density at radius 3 is 2.62 bits per heavy atom. The number of likely N-dealkylation sites (tertiary alicyclic amines) is 1. The molecule has 0 N–H and O–H groups in total. The van der Waals surface area contributed by atoms with Gasteiger partial charge in [0.15, 0.2) is 0 Å². The van der Waals surface area contributed by atoms with E-state index in [0.29, 0.717) is 0 Å². The molecular formula is C9H14N2O2. The van der Waals surface area contributed by atoms with Crippen molar-refractivity contribution in [3.8, 4) is 0 Å². The van der Waals surface area contributed by atoms with E-state index in [2.05, 4.69) is 4.90 Å². The van der Waals surface area contributed by atoms with Crippen LogP contribution in [0.3, 0.4) is 0 Å². The van der Waals surface area contributed by atoms with Gasteiger partial charge < -0.3 is 4.90 Å². The van der Waals surface area contributed by atoms with Gasteiger partial charge in [0.1, 0.15) is 0 Å². The van der Waals surface area contributed by atoms with Crippen molar-refractivity contribution < 1.29 is 4.92 Å². The lowest BCUT2D eigenvalue weighted by Gasteiger charge is -2.10. The quantitative estimate of drug-likeness (QED) is 0.379. The van der Waals surface area contributed by atoms with E-state index in [0.717, 1.165) is 24.9 Å². The third kappa shape index (κ3) is 3.73. The molecule has 1 fully saturated rings. The molecule has 72 valence electrons. The lowest BCUT2D eigenvalue weighted by molar-refractivity contribution is -0.402. The highest BCUT2D eigenvalue weighted by atomic mass is 16.6. The SMILES string of the molecule is CC(C=C[N+](=O)[O-])=CN1CCCC1. The zero-order valence-corrected chi connectivity index (χ0v) is 7.77. The second-order valence-corrected chi connectivity index (χ2v) is 3.22. The van der Waals surface area contributed by atoms with Crippen molar-refractivity contribution in [3.05, 3.63) is 34.2 Å². The third-order valence-electron chi connectivity index (χ3n) is 1.99. The number of hydrogen-bond acceptors (Lipinski definition) is 3. The molecule has 4 nitrogen and oxygen atoms in total. The molecule has 0 aromatic carbocycles. The van der Waals surface area contributed by atoms with Gasteiger partial charge in [0.25, 0.3) is 0 Å². The zero-order chi connectivity index (χ0) is 9.68. The summed E-state index contributed by atoms with van der Waals surface area (Å²) < 4.78 is 0. The lowest BCUT2D eigenvalue weighted by atomic mass is 10.3. The van der Waals surface area contributed by atoms with Crippen LogP contribution in [0, 0.1) is 10.1 Å². The van der Waals surface area contributed by atoms with Gasteiger partial charge in [0.05, 0.1) is 4.92 Å². The number of hydrogen-bond donors (Lipinski definition) is 0. The van der Waals surface area contributed by atoms with Gasteiger partial charge in [0, 0.05) is 25.4 Å². The summed E-state index contributed by atoms with van der Waals surface area (Å²) in [5, 5.41) is 10.0. The maximum Gasteiger partial charge on any atom is 0.234 e. The van der Waals surface area contributed by atoms with Gasteiger partial charge in [-0.1, -0.05) is 0 Å². The first-order valence-corrected chi connectivity index (χ1v) is 4.42. The van der Waals surface area contributed by atoms with Crippen LogP contribution in [0.2, 0.25) is 0 Å². The Labute approximate surface area is 77.7 Å². The van der Waals surface area contributed by atoms with Crippen molar-refractivity contribution in [2.45, 2.75) is 19.8 Å². The Balaban J connectivity index is 2.45. The molecule has 1 rings (SSSR count). The Morgan fingerprint density at radius 1 is 1.46 bits per heavy atom. The van der Waals surface area contributed by atoms with Gasteiger partial charge in [-0.25, -0.2) is 0 Å². The molecular weight excluding hydrogens is 168 g/mol. The van der Waals surface area contributed by atoms with Crippen LogP contribution in [0.15, 0.2) is 24.0 Å². The molecule has 0 saturated carbocycles. The molecule has 0 atom stereocenters. The maximum absolute atomic E-state index is 10.0. The number of nitrogens with zero attached hydrogens (tertiary/aromatic N) is 2. The van der Waals surface area contributed by atoms with Crippen LogP contribution in [0.25, 0.3) is 0 Å². The van der Waals surface area contributed by atoms with E-state index in [1.54, 1.807) is 0 Å². The minimum Gasteiger partial charge on any atom is -0.377 e. The second kappa shape index (κ2) is 4.64. The van der Waals surface area contributed by atoms with E-state index in [-0.39, 0.29) is 0 Å². The largest absolute Gasteiger partial charge is 0.377 e. The number of rotatable bonds is 3. The predicted molar refractivity (Wildman–Crippen MR) is 50.7 cm³/mol. The summed E-state index contributed by atoms with van der Waals surface area (Å²) in [4.78, 5) is 11.8. The number of nitro groups is 1. The first-order valence-electron chi connectivity index (χ1n) is 4.42. The van der Waals surface area contributed by atoms with Crippen LogP contribution in [0.1, 0.15) is 19.8 Å². The first kappa shape index (κ1) is 9.77. The fraction of sp³-hybridized carbons (Fsp3) is 0.556. The van der Waals surface area contributed by atoms with Crippen molar-refractivity contribution in [1.82, 2.24) is 4.90 Å². The van der Waals surface area contributed by atoms with Crippen LogP contribution >= 0.6 is 0 Å². The van der Waals surface area contributed by atoms with E-state index in [4.69, 9.17) is 0 Å². The summed E-state index contributed by atoms with van der Waals surface area (Å²) in [5.41, 5.74) is 0.929. The van der Waals surface area contributed by atoms with E-state index in [9.17, 15) is 10.1 Å². The lowest BCUT2D eigenvalue weighted by Crippen LogP contribution is -2.11. The molecule has 0 spiro atoms. The minimum atomic E-state index is -0.443. The second-order valence-electron chi connectivity index (χ2n) is 3.22. The summed E-state index contributed by atoms with van der Waals surface area (Å²) >= 11 is 0. The van der Waals surface area contributed by atoms with Crippen molar-refractivity contribution in [2.75, 3.05) is 13.1 Å². The van der Waals surface area contributed by atoms with Gasteiger partial charge >= 0.3 is 0 Å². The Morgan fingerprint density at radius 2 is 2.08 bits per heavy atom. The maximum atomic E-state index is 10.0. The van der Waals surface area contributed by atoms with Crippen LogP contribution < -0.4 is 0 Å². The summed E-state index contributed by atoms with van der Waals surface area (Å²) in [6, 6.07) is 0. The highest BCUT2D eigenvalue weighted by Crippen LogP contribution is 2.09. The van der Waals surface area contributed by atoms with Gasteiger partial charge in [-0.15, -0.1) is 0 Å². The van der Waals surface area contributed by atoms with Gasteiger partial charge in [-0.2, -0.15) is 0 Å². The molecule has 4 heteroatoms. The van der Waals surface area contributed by atoms with Gasteiger partial charge in [-0.3, -0.25) is 10.1 Å². The van der Waals surface area contributed by atoms with Crippen molar-refractivity contribution in [1.29, 1.82) is 0 Å². The number of allylic oxidation sites excluding steroid dienone is 2. The Kier molecular flexibility index (Phi) is 3.49. The van der Waals surface area contributed by atoms with Crippen LogP contribution in [0.4, 0.5) is 0 Å². The molecule has 0 aliphatic carbocycles. The summed E-state index contributed by atoms with van der Waals surface area (Å²) in [5.74, 6) is 0. The molecule has 13 heavy (non-hydrogen) atoms. The molecule has 0 aromatic heterocycles. The summed E-state index contributed by atoms with van der Waals surface area (Å²) in [7, 11) is 0. The summed E-state index contributed by atoms with van der Waals surface area (Å²) in [6.07, 6.45) is 6.93. The molecule has 0 amide bonds. The van der Waals surface area contributed by atoms with Crippen LogP contribution in [-0.2, 0) is 0 Å². The standard InChI is InChI=1S/C9H14N2O2/c1-9(4-7-11(12)13)8-10-5-2-3-6-10/h4,7-8H,2-3,5-6H2,1H3. The third-order valence-corrected chi connectivity index (χ3v) is 1.99. The van der Waals surface area contributed by atoms with Gasteiger partial charge in [0.2, 0.25) is 6.20 Å². The van der Waals surface area contributed by atoms with Crippen molar-refractivity contribution >= 4 is 0 Å². The average molecular weight is 182 g/mol. The molecule has 0 radical (unpaired) electrons. The average Bonchev–Trinajstić information content (AvgIpc) is 2.53. The van der Waals surface area contributed by atoms with Crippen molar-refractivity contribution in [2.24, 2.45) is 0 Å². The van der Waals surface area contributed by atoms with Crippen LogP contribution in [-0.4, -0.2) is 22.9 Å². The molecule has 1 aliphatic rings. The summed E-state index contributed by atoms with van der Waals surface area (Å²) in [6.45, 7) is 4.02. The highest BCUT2D eigenvalue weighted by Gasteiger charge is 2.06. The first-order chi connectivity index (χ1) is 6.18. The predicted octanol–water partition coefficient (Wildman–Crippen LogP) is 1.78. The van der Waals surface area contributed by atoms with E-state index >= 15 is 0 Å². The van der Waals surface area contributed by atoms with E-state index in [1.807, 2.05) is 13.1 Å². The molecule has 1 heterocycles. The molecule has 0 bridgehead atoms. The molecule has 0 unspecified atom stereocenters. The fourth-order valence-electron chi connectivity index (χ4n) is 1.38. The normalized spacial score (nSPS) is 18.5. The van der Waals surface area contributed by atoms with Gasteiger partial charge in [-0.05, 0) is 25.3 Å². The molecule has 1 saturated heterocycles. The molecule has 0 aromatic rings. The smallest absolute Gasteiger partial charge is 0.234 e. The highest BCUT2D eigenvalue weighted by molar-refractivity contribution is 5.13. The fourth-order valence-corrected chi connectivity index (χ4v) is 1.38. The monoisotopic (exact) mass is 182 g/mol. The van der Waals surface area contributed by atoms with Crippen molar-refractivity contribution in [3.63, 3.8) is 0 Å². The van der Waals surface area contributed by atoms with Crippen LogP contribution in [0.5, 0.6) is 0 Å². The van der Waals surface area contributed by atoms with E-state index in [1.165, 1.54) is 18.9 Å². The Hall–Kier alpha value is -1.32. The zero-order valence-electron chi connectivity index (χ0n) is 7.77. The minimum absolute atomic E-state index is 0.443. The topological polar surface area (TPSA) is 46.4 Å². The molecule has 1 aliphatic heterocycles.